The number of hydrogen-bond donors (Lipinski definition) is 0. The smallest absolute Gasteiger partial charge is 0.212 e. The molecular formula is C17H21BrO2. The average Bonchev–Trinajstić information content (AvgIpc) is 3.26. The first-order chi connectivity index (χ1) is 9.66. The summed E-state index contributed by atoms with van der Waals surface area (Å²) in [6.07, 6.45) is 8.82. The zero-order valence-corrected chi connectivity index (χ0v) is 13.6. The van der Waals surface area contributed by atoms with E-state index in [1.807, 2.05) is 0 Å². The van der Waals surface area contributed by atoms with Crippen molar-refractivity contribution >= 4 is 15.9 Å². The fourth-order valence-electron chi connectivity index (χ4n) is 4.01. The van der Waals surface area contributed by atoms with Gasteiger partial charge in [0.15, 0.2) is 11.5 Å². The summed E-state index contributed by atoms with van der Waals surface area (Å²) in [4.78, 5) is 0. The summed E-state index contributed by atoms with van der Waals surface area (Å²) in [6.45, 7) is 2.90. The highest BCUT2D eigenvalue weighted by molar-refractivity contribution is 9.10. The zero-order valence-electron chi connectivity index (χ0n) is 12.0. The maximum absolute atomic E-state index is 5.78. The van der Waals surface area contributed by atoms with Crippen LogP contribution in [0, 0.1) is 0 Å². The Balaban J connectivity index is 1.62. The number of alkyl halides is 1. The van der Waals surface area contributed by atoms with Crippen molar-refractivity contribution in [1.29, 1.82) is 0 Å². The van der Waals surface area contributed by atoms with Crippen molar-refractivity contribution in [2.75, 3.05) is 6.61 Å². The number of hydrogen-bond acceptors (Lipinski definition) is 2. The molecule has 3 fully saturated rings. The first-order valence-electron chi connectivity index (χ1n) is 7.83. The molecule has 1 aromatic rings. The van der Waals surface area contributed by atoms with E-state index in [2.05, 4.69) is 35.0 Å². The lowest BCUT2D eigenvalue weighted by atomic mass is 9.58. The Kier molecular flexibility index (Phi) is 2.86. The van der Waals surface area contributed by atoms with E-state index in [0.717, 1.165) is 30.3 Å². The van der Waals surface area contributed by atoms with Crippen LogP contribution in [0.5, 0.6) is 17.2 Å². The van der Waals surface area contributed by atoms with Gasteiger partial charge >= 0.3 is 0 Å². The van der Waals surface area contributed by atoms with Crippen molar-refractivity contribution < 1.29 is 9.47 Å². The Bertz CT molecular complexity index is 528. The van der Waals surface area contributed by atoms with Crippen molar-refractivity contribution in [1.82, 2.24) is 0 Å². The highest BCUT2D eigenvalue weighted by atomic mass is 79.9. The number of rotatable bonds is 4. The van der Waals surface area contributed by atoms with E-state index in [1.165, 1.54) is 44.1 Å². The molecule has 0 N–H and O–H groups in total. The Hall–Kier alpha value is -0.700. The maximum Gasteiger partial charge on any atom is 0.212 e. The molecule has 4 aliphatic rings. The van der Waals surface area contributed by atoms with Gasteiger partial charge in [0.05, 0.1) is 6.61 Å². The molecule has 0 unspecified atom stereocenters. The van der Waals surface area contributed by atoms with E-state index >= 15 is 0 Å². The highest BCUT2D eigenvalue weighted by Crippen LogP contribution is 2.64. The van der Waals surface area contributed by atoms with Crippen LogP contribution in [0.4, 0.5) is 0 Å². The van der Waals surface area contributed by atoms with Gasteiger partial charge in [0.1, 0.15) is 0 Å². The van der Waals surface area contributed by atoms with Crippen LogP contribution in [0.2, 0.25) is 0 Å². The van der Waals surface area contributed by atoms with Crippen LogP contribution in [0.15, 0.2) is 12.1 Å². The molecule has 1 aromatic carbocycles. The Labute approximate surface area is 129 Å². The van der Waals surface area contributed by atoms with Crippen LogP contribution in [-0.2, 0) is 5.41 Å². The standard InChI is InChI=1S/C17H21BrO2/c1-2-11-19-13-4-3-12(14-15(13)20-14)16-5-8-17(18,9-6-16)10-7-16/h3-4H,2,5-11H2,1H3. The van der Waals surface area contributed by atoms with Gasteiger partial charge in [-0.15, -0.1) is 0 Å². The molecule has 3 saturated carbocycles. The predicted molar refractivity (Wildman–Crippen MR) is 83.3 cm³/mol. The van der Waals surface area contributed by atoms with Crippen LogP contribution in [-0.4, -0.2) is 10.9 Å². The monoisotopic (exact) mass is 336 g/mol. The molecule has 2 bridgehead atoms. The number of ether oxygens (including phenoxy) is 2. The second-order valence-corrected chi connectivity index (χ2v) is 8.33. The summed E-state index contributed by atoms with van der Waals surface area (Å²) in [5, 5.41) is 0. The Morgan fingerprint density at radius 2 is 1.80 bits per heavy atom. The fraction of sp³-hybridized carbons (Fsp3) is 0.647. The van der Waals surface area contributed by atoms with Gasteiger partial charge in [-0.2, -0.15) is 0 Å². The lowest BCUT2D eigenvalue weighted by Crippen LogP contribution is -2.44. The van der Waals surface area contributed by atoms with Gasteiger partial charge in [-0.25, -0.2) is 0 Å². The van der Waals surface area contributed by atoms with Crippen LogP contribution >= 0.6 is 15.9 Å². The van der Waals surface area contributed by atoms with E-state index in [1.54, 1.807) is 0 Å². The molecule has 0 saturated heterocycles. The van der Waals surface area contributed by atoms with E-state index in [0.29, 0.717) is 9.74 Å². The zero-order chi connectivity index (χ0) is 13.8. The Morgan fingerprint density at radius 1 is 1.10 bits per heavy atom. The Morgan fingerprint density at radius 3 is 2.45 bits per heavy atom. The normalized spacial score (nSPS) is 33.5. The van der Waals surface area contributed by atoms with Crippen molar-refractivity contribution in [3.63, 3.8) is 0 Å². The molecule has 20 heavy (non-hydrogen) atoms. The minimum absolute atomic E-state index is 0.374. The molecule has 3 aliphatic carbocycles. The van der Waals surface area contributed by atoms with Crippen molar-refractivity contribution in [3.8, 4) is 17.2 Å². The lowest BCUT2D eigenvalue weighted by Gasteiger charge is -2.51. The second-order valence-electron chi connectivity index (χ2n) is 6.65. The predicted octanol–water partition coefficient (Wildman–Crippen LogP) is 5.32. The third-order valence-corrected chi connectivity index (χ3v) is 6.62. The molecule has 0 radical (unpaired) electrons. The van der Waals surface area contributed by atoms with Gasteiger partial charge in [-0.05, 0) is 56.4 Å². The first-order valence-corrected chi connectivity index (χ1v) is 8.62. The minimum Gasteiger partial charge on any atom is -0.490 e. The van der Waals surface area contributed by atoms with Gasteiger partial charge in [0.2, 0.25) is 5.75 Å². The van der Waals surface area contributed by atoms with Gasteiger partial charge in [-0.1, -0.05) is 28.9 Å². The molecule has 1 heterocycles. The summed E-state index contributed by atoms with van der Waals surface area (Å²) in [5.74, 6) is 3.07. The van der Waals surface area contributed by atoms with E-state index in [4.69, 9.17) is 9.47 Å². The molecule has 2 nitrogen and oxygen atoms in total. The second kappa shape index (κ2) is 4.40. The summed E-state index contributed by atoms with van der Waals surface area (Å²) < 4.78 is 12.0. The summed E-state index contributed by atoms with van der Waals surface area (Å²) >= 11 is 3.95. The van der Waals surface area contributed by atoms with Gasteiger partial charge in [-0.3, -0.25) is 0 Å². The van der Waals surface area contributed by atoms with Crippen LogP contribution < -0.4 is 9.47 Å². The van der Waals surface area contributed by atoms with Crippen LogP contribution in [0.1, 0.15) is 57.4 Å². The molecular weight excluding hydrogens is 316 g/mol. The van der Waals surface area contributed by atoms with Crippen molar-refractivity contribution in [3.05, 3.63) is 17.7 Å². The number of benzene rings is 1. The molecule has 0 amide bonds. The molecule has 1 aliphatic heterocycles. The minimum atomic E-state index is 0.374. The van der Waals surface area contributed by atoms with Gasteiger partial charge in [0.25, 0.3) is 0 Å². The van der Waals surface area contributed by atoms with Crippen LogP contribution in [0.3, 0.4) is 0 Å². The molecule has 0 atom stereocenters. The largest absolute Gasteiger partial charge is 0.490 e. The molecule has 0 aromatic heterocycles. The quantitative estimate of drug-likeness (QED) is 0.556. The average molecular weight is 337 g/mol. The number of fused-ring (bicyclic) bond motifs is 4. The third-order valence-electron chi connectivity index (χ3n) is 5.43. The summed E-state index contributed by atoms with van der Waals surface area (Å²) in [5.41, 5.74) is 1.82. The van der Waals surface area contributed by atoms with Gasteiger partial charge in [0, 0.05) is 9.89 Å². The maximum atomic E-state index is 5.78. The topological polar surface area (TPSA) is 21.8 Å². The van der Waals surface area contributed by atoms with Gasteiger partial charge < -0.3 is 9.47 Å². The van der Waals surface area contributed by atoms with E-state index in [9.17, 15) is 0 Å². The third kappa shape index (κ3) is 1.89. The van der Waals surface area contributed by atoms with E-state index in [-0.39, 0.29) is 0 Å². The van der Waals surface area contributed by atoms with E-state index < -0.39 is 0 Å². The highest BCUT2D eigenvalue weighted by Gasteiger charge is 2.51. The fourth-order valence-corrected chi connectivity index (χ4v) is 4.61. The summed E-state index contributed by atoms with van der Waals surface area (Å²) in [7, 11) is 0. The lowest BCUT2D eigenvalue weighted by molar-refractivity contribution is 0.162. The number of halogens is 1. The SMILES string of the molecule is CCCOc1ccc(C23CCC(Br)(CC2)CC3)c2c1O2. The molecule has 5 rings (SSSR count). The molecule has 108 valence electrons. The van der Waals surface area contributed by atoms with Crippen molar-refractivity contribution in [2.45, 2.75) is 61.6 Å². The van der Waals surface area contributed by atoms with Crippen LogP contribution in [0.25, 0.3) is 0 Å². The molecule has 3 heteroatoms. The summed E-state index contributed by atoms with van der Waals surface area (Å²) in [6, 6.07) is 4.39. The molecule has 0 spiro atoms. The van der Waals surface area contributed by atoms with Crippen molar-refractivity contribution in [2.24, 2.45) is 0 Å². The first kappa shape index (κ1) is 13.0.